The van der Waals surface area contributed by atoms with Gasteiger partial charge in [0.15, 0.2) is 0 Å². The zero-order chi connectivity index (χ0) is 13.5. The minimum Gasteiger partial charge on any atom is -0.480 e. The summed E-state index contributed by atoms with van der Waals surface area (Å²) < 4.78 is 0.719. The van der Waals surface area contributed by atoms with Gasteiger partial charge >= 0.3 is 5.97 Å². The van der Waals surface area contributed by atoms with Crippen LogP contribution in [0.4, 0.5) is 0 Å². The topological polar surface area (TPSA) is 69.6 Å². The molecule has 0 unspecified atom stereocenters. The van der Waals surface area contributed by atoms with Crippen LogP contribution in [0, 0.1) is 0 Å². The van der Waals surface area contributed by atoms with Crippen LogP contribution in [-0.2, 0) is 16.1 Å². The molecular weight excluding hydrogens is 311 g/mol. The highest BCUT2D eigenvalue weighted by atomic mass is 35.5. The summed E-state index contributed by atoms with van der Waals surface area (Å²) in [6.45, 7) is 3.12. The molecule has 1 aromatic heterocycles. The first-order valence-electron chi connectivity index (χ1n) is 5.46. The second-order valence-electron chi connectivity index (χ2n) is 3.68. The average Bonchev–Trinajstić information content (AvgIpc) is 2.71. The smallest absolute Gasteiger partial charge is 0.322 e. The SMILES string of the molecule is CCN(CC(=O)NCC(=O)O)Cc1ccc(Cl)s1.Cl. The number of hydrogen-bond acceptors (Lipinski definition) is 4. The van der Waals surface area contributed by atoms with Gasteiger partial charge in [0.2, 0.25) is 5.91 Å². The van der Waals surface area contributed by atoms with Gasteiger partial charge in [-0.3, -0.25) is 14.5 Å². The molecule has 1 aromatic rings. The zero-order valence-corrected chi connectivity index (χ0v) is 12.8. The van der Waals surface area contributed by atoms with Crippen molar-refractivity contribution in [1.29, 1.82) is 0 Å². The fourth-order valence-electron chi connectivity index (χ4n) is 1.37. The zero-order valence-electron chi connectivity index (χ0n) is 10.4. The molecule has 0 spiro atoms. The number of carboxylic acids is 1. The maximum atomic E-state index is 11.5. The molecule has 0 aromatic carbocycles. The molecule has 1 heterocycles. The maximum Gasteiger partial charge on any atom is 0.322 e. The number of halogens is 2. The predicted molar refractivity (Wildman–Crippen MR) is 78.2 cm³/mol. The Morgan fingerprint density at radius 1 is 1.47 bits per heavy atom. The van der Waals surface area contributed by atoms with Gasteiger partial charge in [-0.2, -0.15) is 0 Å². The van der Waals surface area contributed by atoms with E-state index in [-0.39, 0.29) is 31.4 Å². The summed E-state index contributed by atoms with van der Waals surface area (Å²) in [6, 6.07) is 3.74. The van der Waals surface area contributed by atoms with Gasteiger partial charge in [-0.1, -0.05) is 18.5 Å². The Labute approximate surface area is 127 Å². The second-order valence-corrected chi connectivity index (χ2v) is 5.48. The van der Waals surface area contributed by atoms with Crippen LogP contribution in [-0.4, -0.2) is 41.5 Å². The monoisotopic (exact) mass is 326 g/mol. The Hall–Kier alpha value is -0.820. The minimum absolute atomic E-state index is 0. The van der Waals surface area contributed by atoms with Crippen molar-refractivity contribution in [3.05, 3.63) is 21.3 Å². The lowest BCUT2D eigenvalue weighted by atomic mass is 10.4. The molecule has 0 atom stereocenters. The molecule has 8 heteroatoms. The van der Waals surface area contributed by atoms with E-state index in [1.807, 2.05) is 24.0 Å². The number of likely N-dealkylation sites (N-methyl/N-ethyl adjacent to an activating group) is 1. The van der Waals surface area contributed by atoms with E-state index in [1.165, 1.54) is 11.3 Å². The normalized spacial score (nSPS) is 10.1. The number of aliphatic carboxylic acids is 1. The van der Waals surface area contributed by atoms with Crippen molar-refractivity contribution in [3.8, 4) is 0 Å². The van der Waals surface area contributed by atoms with E-state index in [4.69, 9.17) is 16.7 Å². The molecule has 2 N–H and O–H groups in total. The van der Waals surface area contributed by atoms with Crippen LogP contribution in [0.2, 0.25) is 4.34 Å². The van der Waals surface area contributed by atoms with Gasteiger partial charge in [0.1, 0.15) is 6.54 Å². The first-order valence-corrected chi connectivity index (χ1v) is 6.65. The van der Waals surface area contributed by atoms with Gasteiger partial charge < -0.3 is 10.4 Å². The lowest BCUT2D eigenvalue weighted by molar-refractivity contribution is -0.138. The van der Waals surface area contributed by atoms with E-state index >= 15 is 0 Å². The van der Waals surface area contributed by atoms with Crippen LogP contribution in [0.25, 0.3) is 0 Å². The number of carbonyl (C=O) groups excluding carboxylic acids is 1. The summed E-state index contributed by atoms with van der Waals surface area (Å²) in [5.41, 5.74) is 0. The lowest BCUT2D eigenvalue weighted by Gasteiger charge is -2.18. The molecule has 0 saturated carbocycles. The molecule has 0 bridgehead atoms. The van der Waals surface area contributed by atoms with Gasteiger partial charge in [0.05, 0.1) is 10.9 Å². The third-order valence-corrected chi connectivity index (χ3v) is 3.48. The number of amides is 1. The first kappa shape index (κ1) is 18.2. The van der Waals surface area contributed by atoms with Crippen LogP contribution in [0.5, 0.6) is 0 Å². The van der Waals surface area contributed by atoms with Gasteiger partial charge in [-0.05, 0) is 18.7 Å². The maximum absolute atomic E-state index is 11.5. The molecule has 0 aliphatic carbocycles. The third kappa shape index (κ3) is 7.37. The molecule has 0 fully saturated rings. The average molecular weight is 327 g/mol. The van der Waals surface area contributed by atoms with Crippen LogP contribution in [0.15, 0.2) is 12.1 Å². The fourth-order valence-corrected chi connectivity index (χ4v) is 2.50. The second kappa shape index (κ2) is 9.14. The summed E-state index contributed by atoms with van der Waals surface area (Å²) in [6.07, 6.45) is 0. The minimum atomic E-state index is -1.04. The van der Waals surface area contributed by atoms with E-state index in [2.05, 4.69) is 5.32 Å². The summed E-state index contributed by atoms with van der Waals surface area (Å²) in [7, 11) is 0. The van der Waals surface area contributed by atoms with Crippen molar-refractivity contribution >= 4 is 47.2 Å². The number of hydrogen-bond donors (Lipinski definition) is 2. The number of nitrogens with zero attached hydrogens (tertiary/aromatic N) is 1. The van der Waals surface area contributed by atoms with Crippen LogP contribution in [0.1, 0.15) is 11.8 Å². The van der Waals surface area contributed by atoms with E-state index < -0.39 is 5.97 Å². The van der Waals surface area contributed by atoms with E-state index in [1.54, 1.807) is 0 Å². The van der Waals surface area contributed by atoms with Gasteiger partial charge in [0.25, 0.3) is 0 Å². The molecule has 5 nitrogen and oxygen atoms in total. The van der Waals surface area contributed by atoms with E-state index in [0.717, 1.165) is 9.21 Å². The Kier molecular flexibility index (Phi) is 8.75. The Morgan fingerprint density at radius 3 is 2.63 bits per heavy atom. The fraction of sp³-hybridized carbons (Fsp3) is 0.455. The largest absolute Gasteiger partial charge is 0.480 e. The molecule has 0 aliphatic heterocycles. The summed E-state index contributed by atoms with van der Waals surface area (Å²) in [5, 5.41) is 10.8. The summed E-state index contributed by atoms with van der Waals surface area (Å²) in [5.74, 6) is -1.33. The van der Waals surface area contributed by atoms with Crippen molar-refractivity contribution in [2.45, 2.75) is 13.5 Å². The Balaban J connectivity index is 0.00000324. The number of nitrogens with one attached hydrogen (secondary N) is 1. The molecular formula is C11H16Cl2N2O3S. The molecule has 1 amide bonds. The number of thiophene rings is 1. The third-order valence-electron chi connectivity index (χ3n) is 2.26. The van der Waals surface area contributed by atoms with Crippen LogP contribution in [0.3, 0.4) is 0 Å². The van der Waals surface area contributed by atoms with Crippen molar-refractivity contribution < 1.29 is 14.7 Å². The highest BCUT2D eigenvalue weighted by Gasteiger charge is 2.11. The summed E-state index contributed by atoms with van der Waals surface area (Å²) in [4.78, 5) is 24.8. The van der Waals surface area contributed by atoms with Gasteiger partial charge in [-0.15, -0.1) is 23.7 Å². The number of carboxylic acid groups (broad SMARTS) is 1. The molecule has 19 heavy (non-hydrogen) atoms. The molecule has 108 valence electrons. The van der Waals surface area contributed by atoms with Crippen molar-refractivity contribution in [2.24, 2.45) is 0 Å². The highest BCUT2D eigenvalue weighted by Crippen LogP contribution is 2.22. The first-order chi connectivity index (χ1) is 8.51. The van der Waals surface area contributed by atoms with Crippen molar-refractivity contribution in [3.63, 3.8) is 0 Å². The summed E-state index contributed by atoms with van der Waals surface area (Å²) >= 11 is 7.31. The Morgan fingerprint density at radius 2 is 2.16 bits per heavy atom. The number of rotatable bonds is 7. The van der Waals surface area contributed by atoms with E-state index in [9.17, 15) is 9.59 Å². The van der Waals surface area contributed by atoms with Crippen molar-refractivity contribution in [2.75, 3.05) is 19.6 Å². The highest BCUT2D eigenvalue weighted by molar-refractivity contribution is 7.16. The number of carbonyl (C=O) groups is 2. The quantitative estimate of drug-likeness (QED) is 0.802. The van der Waals surface area contributed by atoms with Crippen LogP contribution >= 0.6 is 35.3 Å². The molecule has 0 radical (unpaired) electrons. The molecule has 0 saturated heterocycles. The lowest BCUT2D eigenvalue weighted by Crippen LogP contribution is -2.38. The molecule has 0 aliphatic rings. The predicted octanol–water partition coefficient (Wildman–Crippen LogP) is 1.85. The van der Waals surface area contributed by atoms with Gasteiger partial charge in [0, 0.05) is 11.4 Å². The van der Waals surface area contributed by atoms with Crippen molar-refractivity contribution in [1.82, 2.24) is 10.2 Å². The van der Waals surface area contributed by atoms with Gasteiger partial charge in [-0.25, -0.2) is 0 Å². The Bertz CT molecular complexity index is 426. The van der Waals surface area contributed by atoms with Crippen LogP contribution < -0.4 is 5.32 Å². The van der Waals surface area contributed by atoms with E-state index in [0.29, 0.717) is 13.1 Å². The molecule has 1 rings (SSSR count). The standard InChI is InChI=1S/C11H15ClN2O3S.ClH/c1-2-14(6-8-3-4-9(12)18-8)7-10(15)13-5-11(16)17;/h3-4H,2,5-7H2,1H3,(H,13,15)(H,16,17);1H.